The van der Waals surface area contributed by atoms with Gasteiger partial charge in [-0.1, -0.05) is 0 Å². The minimum atomic E-state index is -1.85. The van der Waals surface area contributed by atoms with Gasteiger partial charge in [0.2, 0.25) is 17.8 Å². The average Bonchev–Trinajstić information content (AvgIpc) is 2.78. The van der Waals surface area contributed by atoms with Crippen LogP contribution in [0.5, 0.6) is 23.0 Å². The van der Waals surface area contributed by atoms with Gasteiger partial charge in [-0.2, -0.15) is 0 Å². The van der Waals surface area contributed by atoms with Crippen LogP contribution in [0.25, 0.3) is 32.7 Å². The molecule has 1 aliphatic rings. The number of aliphatic hydroxyl groups excluding tert-OH is 4. The van der Waals surface area contributed by atoms with Crippen LogP contribution in [0.15, 0.2) is 30.6 Å². The third-order valence-electron chi connectivity index (χ3n) is 5.61. The summed E-state index contributed by atoms with van der Waals surface area (Å²) in [5, 5.41) is 69.3. The molecule has 0 aliphatic carbocycles. The van der Waals surface area contributed by atoms with E-state index in [0.29, 0.717) is 0 Å². The average molecular weight is 464 g/mol. The van der Waals surface area contributed by atoms with E-state index in [1.54, 1.807) is 0 Å². The second-order valence-electron chi connectivity index (χ2n) is 7.57. The third-order valence-corrected chi connectivity index (χ3v) is 5.61. The van der Waals surface area contributed by atoms with Crippen molar-refractivity contribution in [2.45, 2.75) is 30.7 Å². The number of hydrogen-bond donors (Lipinski definition) is 7. The lowest BCUT2D eigenvalue weighted by atomic mass is 9.99. The summed E-state index contributed by atoms with van der Waals surface area (Å²) in [4.78, 5) is 25.1. The minimum absolute atomic E-state index is 0.107. The Labute approximate surface area is 180 Å². The van der Waals surface area contributed by atoms with Crippen molar-refractivity contribution in [1.82, 2.24) is 0 Å². The first-order valence-corrected chi connectivity index (χ1v) is 9.54. The van der Waals surface area contributed by atoms with Crippen molar-refractivity contribution in [2.75, 3.05) is 6.61 Å². The molecule has 1 aliphatic heterocycles. The first-order valence-electron chi connectivity index (χ1n) is 9.54. The molecule has 5 rings (SSSR count). The first kappa shape index (κ1) is 21.2. The highest BCUT2D eigenvalue weighted by Crippen LogP contribution is 2.45. The summed E-state index contributed by atoms with van der Waals surface area (Å²) in [5.74, 6) is -2.86. The Morgan fingerprint density at radius 2 is 1.39 bits per heavy atom. The Morgan fingerprint density at radius 1 is 0.818 bits per heavy atom. The van der Waals surface area contributed by atoms with Gasteiger partial charge in [0.05, 0.1) is 17.4 Å². The predicted molar refractivity (Wildman–Crippen MR) is 107 cm³/mol. The summed E-state index contributed by atoms with van der Waals surface area (Å²) in [5.41, 5.74) is -3.09. The maximum atomic E-state index is 12.6. The third kappa shape index (κ3) is 2.91. The van der Waals surface area contributed by atoms with Crippen LogP contribution in [-0.2, 0) is 4.74 Å². The van der Waals surface area contributed by atoms with Crippen LogP contribution in [0.4, 0.5) is 0 Å². The number of hydrogen-bond acceptors (Lipinski definition) is 13. The molecule has 7 N–H and O–H groups in total. The van der Waals surface area contributed by atoms with Crippen molar-refractivity contribution in [3.05, 3.63) is 33.0 Å². The van der Waals surface area contributed by atoms with E-state index in [4.69, 9.17) is 18.3 Å². The minimum Gasteiger partial charge on any atom is -0.504 e. The maximum absolute atomic E-state index is 12.6. The molecule has 0 spiro atoms. The van der Waals surface area contributed by atoms with E-state index >= 15 is 0 Å². The molecule has 174 valence electrons. The number of aliphatic hydroxyl groups is 4. The Bertz CT molecular complexity index is 1500. The number of aromatic hydroxyl groups is 3. The molecule has 0 radical (unpaired) electrons. The second kappa shape index (κ2) is 7.19. The lowest BCUT2D eigenvalue weighted by molar-refractivity contribution is -0.277. The molecule has 3 heterocycles. The monoisotopic (exact) mass is 464 g/mol. The Hall–Kier alpha value is -3.62. The highest BCUT2D eigenvalue weighted by Gasteiger charge is 2.45. The lowest BCUT2D eigenvalue weighted by Crippen LogP contribution is -2.60. The molecular formula is C20H16O13. The Morgan fingerprint density at radius 3 is 2.03 bits per heavy atom. The highest BCUT2D eigenvalue weighted by molar-refractivity contribution is 6.22. The van der Waals surface area contributed by atoms with Crippen molar-refractivity contribution in [1.29, 1.82) is 0 Å². The molecule has 0 amide bonds. The summed E-state index contributed by atoms with van der Waals surface area (Å²) in [6.45, 7) is -0.742. The summed E-state index contributed by atoms with van der Waals surface area (Å²) in [7, 11) is 0. The predicted octanol–water partition coefficient (Wildman–Crippen LogP) is -1.21. The lowest BCUT2D eigenvalue weighted by Gasteiger charge is -2.39. The standard InChI is InChI=1S/C20H16O13/c21-3-8-12(25)13(26)14(27)20(30-8)33-15-7(23)2-5-10-9-4(19(29)32-17(10)15)1-6(22)11(24)16(9)31-18(5)28/h1-2,8,12-14,20-27H,3H2. The van der Waals surface area contributed by atoms with Gasteiger partial charge in [0, 0.05) is 10.8 Å². The number of phenolic OH excluding ortho intramolecular Hbond substituents is 3. The van der Waals surface area contributed by atoms with E-state index in [0.717, 1.165) is 12.1 Å². The summed E-state index contributed by atoms with van der Waals surface area (Å²) in [6, 6.07) is 1.84. The fraction of sp³-hybridized carbons (Fsp3) is 0.300. The van der Waals surface area contributed by atoms with E-state index in [1.165, 1.54) is 0 Å². The molecule has 13 nitrogen and oxygen atoms in total. The van der Waals surface area contributed by atoms with Crippen LogP contribution >= 0.6 is 0 Å². The van der Waals surface area contributed by atoms with E-state index in [1.807, 2.05) is 0 Å². The van der Waals surface area contributed by atoms with Gasteiger partial charge in [-0.05, 0) is 12.1 Å². The topological polar surface area (TPSA) is 220 Å². The van der Waals surface area contributed by atoms with Crippen LogP contribution in [0.3, 0.4) is 0 Å². The number of rotatable bonds is 3. The van der Waals surface area contributed by atoms with Crippen molar-refractivity contribution >= 4 is 32.7 Å². The van der Waals surface area contributed by atoms with Gasteiger partial charge in [0.1, 0.15) is 24.4 Å². The fourth-order valence-corrected chi connectivity index (χ4v) is 3.97. The molecule has 5 atom stereocenters. The number of phenols is 3. The quantitative estimate of drug-likeness (QED) is 0.108. The van der Waals surface area contributed by atoms with E-state index < -0.39 is 82.7 Å². The summed E-state index contributed by atoms with van der Waals surface area (Å²) >= 11 is 0. The smallest absolute Gasteiger partial charge is 0.344 e. The van der Waals surface area contributed by atoms with Gasteiger partial charge in [-0.25, -0.2) is 9.59 Å². The molecule has 5 unspecified atom stereocenters. The fourth-order valence-electron chi connectivity index (χ4n) is 3.97. The molecule has 1 saturated heterocycles. The molecular weight excluding hydrogens is 448 g/mol. The molecule has 0 bridgehead atoms. The Kier molecular flexibility index (Phi) is 4.63. The first-order chi connectivity index (χ1) is 15.6. The SMILES string of the molecule is O=c1oc2c(OC3OC(CO)C(O)C(O)C3O)c(O)cc3c(=O)oc4c(O)c(O)cc1c4c23. The Balaban J connectivity index is 1.78. The molecule has 2 aromatic carbocycles. The highest BCUT2D eigenvalue weighted by atomic mass is 16.7. The zero-order valence-electron chi connectivity index (χ0n) is 16.3. The van der Waals surface area contributed by atoms with Crippen molar-refractivity contribution in [2.24, 2.45) is 0 Å². The maximum Gasteiger partial charge on any atom is 0.344 e. The molecule has 33 heavy (non-hydrogen) atoms. The van der Waals surface area contributed by atoms with Crippen LogP contribution in [-0.4, -0.2) is 73.1 Å². The van der Waals surface area contributed by atoms with Crippen LogP contribution in [0.2, 0.25) is 0 Å². The van der Waals surface area contributed by atoms with Gasteiger partial charge >= 0.3 is 11.3 Å². The van der Waals surface area contributed by atoms with E-state index in [2.05, 4.69) is 0 Å². The van der Waals surface area contributed by atoms with Gasteiger partial charge < -0.3 is 54.1 Å². The van der Waals surface area contributed by atoms with Crippen LogP contribution in [0, 0.1) is 0 Å². The second-order valence-corrected chi connectivity index (χ2v) is 7.57. The van der Waals surface area contributed by atoms with Gasteiger partial charge in [0.15, 0.2) is 22.7 Å². The number of benzene rings is 2. The van der Waals surface area contributed by atoms with E-state index in [-0.39, 0.29) is 21.5 Å². The molecule has 2 aromatic heterocycles. The zero-order valence-corrected chi connectivity index (χ0v) is 16.3. The van der Waals surface area contributed by atoms with E-state index in [9.17, 15) is 45.3 Å². The van der Waals surface area contributed by atoms with Gasteiger partial charge in [-0.15, -0.1) is 0 Å². The van der Waals surface area contributed by atoms with Gasteiger partial charge in [-0.3, -0.25) is 0 Å². The molecule has 13 heteroatoms. The molecule has 0 saturated carbocycles. The zero-order chi connectivity index (χ0) is 23.8. The largest absolute Gasteiger partial charge is 0.504 e. The van der Waals surface area contributed by atoms with Crippen LogP contribution in [0.1, 0.15) is 0 Å². The van der Waals surface area contributed by atoms with Crippen molar-refractivity contribution in [3.8, 4) is 23.0 Å². The number of ether oxygens (including phenoxy) is 2. The summed E-state index contributed by atoms with van der Waals surface area (Å²) < 4.78 is 21.0. The van der Waals surface area contributed by atoms with Gasteiger partial charge in [0.25, 0.3) is 0 Å². The molecule has 4 aromatic rings. The van der Waals surface area contributed by atoms with Crippen molar-refractivity contribution < 1.29 is 54.1 Å². The van der Waals surface area contributed by atoms with Crippen molar-refractivity contribution in [3.63, 3.8) is 0 Å². The normalized spacial score (nSPS) is 25.9. The molecule has 1 fully saturated rings. The van der Waals surface area contributed by atoms with Crippen LogP contribution < -0.4 is 16.0 Å². The summed E-state index contributed by atoms with van der Waals surface area (Å²) in [6.07, 6.45) is -8.38.